The van der Waals surface area contributed by atoms with Crippen LogP contribution in [0.15, 0.2) is 6.07 Å². The van der Waals surface area contributed by atoms with Gasteiger partial charge in [0.05, 0.1) is 38.9 Å². The van der Waals surface area contributed by atoms with Gasteiger partial charge in [0.1, 0.15) is 0 Å². The molecule has 0 spiro atoms. The van der Waals surface area contributed by atoms with Crippen molar-refractivity contribution in [1.82, 2.24) is 10.2 Å². The van der Waals surface area contributed by atoms with E-state index < -0.39 is 0 Å². The Bertz CT molecular complexity index is 634. The lowest BCUT2D eigenvalue weighted by molar-refractivity contribution is -0.124. The Hall–Kier alpha value is -0.720. The average Bonchev–Trinajstić information content (AvgIpc) is 2.47. The fourth-order valence-corrected chi connectivity index (χ4v) is 2.91. The molecule has 0 fully saturated rings. The molecule has 0 aliphatic rings. The van der Waals surface area contributed by atoms with Crippen LogP contribution in [0.4, 0.5) is 5.69 Å². The number of anilines is 1. The second-order valence-electron chi connectivity index (χ2n) is 6.49. The Balaban J connectivity index is 2.77. The summed E-state index contributed by atoms with van der Waals surface area (Å²) in [6.45, 7) is 8.13. The van der Waals surface area contributed by atoms with Crippen LogP contribution < -0.4 is 10.6 Å². The Kier molecular flexibility index (Phi) is 8.29. The van der Waals surface area contributed by atoms with Gasteiger partial charge in [-0.3, -0.25) is 14.5 Å². The zero-order valence-corrected chi connectivity index (χ0v) is 17.5. The second kappa shape index (κ2) is 9.28. The Labute approximate surface area is 167 Å². The van der Waals surface area contributed by atoms with Gasteiger partial charge in [-0.25, -0.2) is 0 Å². The first-order chi connectivity index (χ1) is 11.4. The van der Waals surface area contributed by atoms with E-state index in [1.807, 2.05) is 27.7 Å². The van der Waals surface area contributed by atoms with Crippen molar-refractivity contribution in [2.45, 2.75) is 33.2 Å². The number of likely N-dealkylation sites (N-methyl/N-ethyl adjacent to an activating group) is 1. The van der Waals surface area contributed by atoms with Crippen LogP contribution in [0.5, 0.6) is 0 Å². The average molecular weight is 429 g/mol. The number of hydrogen-bond donors (Lipinski definition) is 2. The molecule has 0 atom stereocenters. The van der Waals surface area contributed by atoms with Gasteiger partial charge in [0.25, 0.3) is 0 Å². The first-order valence-electron chi connectivity index (χ1n) is 7.60. The molecule has 140 valence electrons. The Morgan fingerprint density at radius 1 is 1.00 bits per heavy atom. The molecule has 1 rings (SSSR count). The van der Waals surface area contributed by atoms with Crippen LogP contribution in [0.25, 0.3) is 0 Å². The number of carbonyl (C=O) groups is 2. The molecule has 0 radical (unpaired) electrons. The molecule has 0 unspecified atom stereocenters. The van der Waals surface area contributed by atoms with E-state index in [1.165, 1.54) is 6.07 Å². The highest BCUT2D eigenvalue weighted by molar-refractivity contribution is 6.50. The van der Waals surface area contributed by atoms with Crippen molar-refractivity contribution in [1.29, 1.82) is 0 Å². The maximum atomic E-state index is 12.3. The molecule has 0 aliphatic carbocycles. The standard InChI is InChI=1S/C16H21Cl4N3O2/c1-5-23(8-12(25)22-16(2,3)4)7-11(24)21-15-13(19)9(17)6-10(18)14(15)20/h6H,5,7-8H2,1-4H3,(H,21,24)(H,22,25). The largest absolute Gasteiger partial charge is 0.350 e. The van der Waals surface area contributed by atoms with Gasteiger partial charge >= 0.3 is 0 Å². The van der Waals surface area contributed by atoms with E-state index in [0.29, 0.717) is 6.54 Å². The van der Waals surface area contributed by atoms with E-state index in [0.717, 1.165) is 0 Å². The minimum absolute atomic E-state index is 0.00907. The fourth-order valence-electron chi connectivity index (χ4n) is 2.01. The number of nitrogens with one attached hydrogen (secondary N) is 2. The number of carbonyl (C=O) groups excluding carboxylic acids is 2. The lowest BCUT2D eigenvalue weighted by Gasteiger charge is -2.24. The lowest BCUT2D eigenvalue weighted by Crippen LogP contribution is -2.47. The number of nitrogens with zero attached hydrogens (tertiary/aromatic N) is 1. The van der Waals surface area contributed by atoms with Crippen LogP contribution in [0.2, 0.25) is 20.1 Å². The summed E-state index contributed by atoms with van der Waals surface area (Å²) in [6.07, 6.45) is 0. The Morgan fingerprint density at radius 2 is 1.48 bits per heavy atom. The van der Waals surface area contributed by atoms with Gasteiger partial charge in [-0.1, -0.05) is 53.3 Å². The Morgan fingerprint density at radius 3 is 1.92 bits per heavy atom. The minimum Gasteiger partial charge on any atom is -0.350 e. The number of hydrogen-bond acceptors (Lipinski definition) is 3. The van der Waals surface area contributed by atoms with Crippen LogP contribution in [-0.2, 0) is 9.59 Å². The summed E-state index contributed by atoms with van der Waals surface area (Å²) < 4.78 is 0. The van der Waals surface area contributed by atoms with E-state index in [2.05, 4.69) is 10.6 Å². The van der Waals surface area contributed by atoms with E-state index >= 15 is 0 Å². The highest BCUT2D eigenvalue weighted by Gasteiger charge is 2.20. The molecule has 0 aromatic heterocycles. The minimum atomic E-state index is -0.382. The normalized spacial score (nSPS) is 11.6. The van der Waals surface area contributed by atoms with Gasteiger partial charge in [-0.05, 0) is 33.4 Å². The summed E-state index contributed by atoms with van der Waals surface area (Å²) in [4.78, 5) is 26.0. The molecule has 0 saturated carbocycles. The van der Waals surface area contributed by atoms with Crippen LogP contribution in [-0.4, -0.2) is 41.9 Å². The molecule has 25 heavy (non-hydrogen) atoms. The maximum absolute atomic E-state index is 12.3. The van der Waals surface area contributed by atoms with Crippen molar-refractivity contribution < 1.29 is 9.59 Å². The van der Waals surface area contributed by atoms with Gasteiger partial charge in [0, 0.05) is 5.54 Å². The van der Waals surface area contributed by atoms with Crippen molar-refractivity contribution >= 4 is 63.9 Å². The monoisotopic (exact) mass is 427 g/mol. The highest BCUT2D eigenvalue weighted by Crippen LogP contribution is 2.40. The molecule has 0 heterocycles. The predicted molar refractivity (Wildman–Crippen MR) is 105 cm³/mol. The van der Waals surface area contributed by atoms with E-state index in [4.69, 9.17) is 46.4 Å². The van der Waals surface area contributed by atoms with Gasteiger partial charge < -0.3 is 10.6 Å². The summed E-state index contributed by atoms with van der Waals surface area (Å²) in [5.41, 5.74) is -0.182. The fraction of sp³-hybridized carbons (Fsp3) is 0.500. The summed E-state index contributed by atoms with van der Waals surface area (Å²) in [5.74, 6) is -0.545. The quantitative estimate of drug-likeness (QED) is 0.656. The molecule has 0 saturated heterocycles. The molecule has 0 aliphatic heterocycles. The first kappa shape index (κ1) is 22.3. The van der Waals surface area contributed by atoms with E-state index in [1.54, 1.807) is 4.90 Å². The van der Waals surface area contributed by atoms with Crippen molar-refractivity contribution in [3.8, 4) is 0 Å². The third-order valence-electron chi connectivity index (χ3n) is 3.07. The molecular formula is C16H21Cl4N3O2. The summed E-state index contributed by atoms with van der Waals surface area (Å²) >= 11 is 24.0. The summed E-state index contributed by atoms with van der Waals surface area (Å²) in [6, 6.07) is 1.40. The molecule has 5 nitrogen and oxygen atoms in total. The van der Waals surface area contributed by atoms with Gasteiger partial charge in [-0.2, -0.15) is 0 Å². The summed E-state index contributed by atoms with van der Waals surface area (Å²) in [5, 5.41) is 6.04. The SMILES string of the molecule is CCN(CC(=O)Nc1c(Cl)c(Cl)cc(Cl)c1Cl)CC(=O)NC(C)(C)C. The lowest BCUT2D eigenvalue weighted by atomic mass is 10.1. The van der Waals surface area contributed by atoms with Crippen molar-refractivity contribution in [2.24, 2.45) is 0 Å². The highest BCUT2D eigenvalue weighted by atomic mass is 35.5. The predicted octanol–water partition coefficient (Wildman–Crippen LogP) is 4.48. The number of benzene rings is 1. The third-order valence-corrected chi connectivity index (χ3v) is 4.65. The van der Waals surface area contributed by atoms with E-state index in [-0.39, 0.29) is 56.2 Å². The second-order valence-corrected chi connectivity index (χ2v) is 8.06. The molecule has 9 heteroatoms. The van der Waals surface area contributed by atoms with Crippen LogP contribution >= 0.6 is 46.4 Å². The zero-order valence-electron chi connectivity index (χ0n) is 14.5. The number of amides is 2. The van der Waals surface area contributed by atoms with Crippen LogP contribution in [0.1, 0.15) is 27.7 Å². The zero-order chi connectivity index (χ0) is 19.4. The smallest absolute Gasteiger partial charge is 0.238 e. The van der Waals surface area contributed by atoms with Crippen molar-refractivity contribution in [3.05, 3.63) is 26.2 Å². The van der Waals surface area contributed by atoms with Crippen molar-refractivity contribution in [2.75, 3.05) is 25.0 Å². The van der Waals surface area contributed by atoms with Gasteiger partial charge in [-0.15, -0.1) is 0 Å². The molecule has 1 aromatic rings. The van der Waals surface area contributed by atoms with Crippen LogP contribution in [0.3, 0.4) is 0 Å². The maximum Gasteiger partial charge on any atom is 0.238 e. The number of halogens is 4. The third kappa shape index (κ3) is 7.19. The topological polar surface area (TPSA) is 61.4 Å². The first-order valence-corrected chi connectivity index (χ1v) is 9.12. The van der Waals surface area contributed by atoms with E-state index in [9.17, 15) is 9.59 Å². The van der Waals surface area contributed by atoms with Gasteiger partial charge in [0.15, 0.2) is 0 Å². The molecule has 2 amide bonds. The van der Waals surface area contributed by atoms with Crippen molar-refractivity contribution in [3.63, 3.8) is 0 Å². The number of rotatable bonds is 6. The molecule has 0 bridgehead atoms. The molecular weight excluding hydrogens is 408 g/mol. The molecule has 1 aromatic carbocycles. The van der Waals surface area contributed by atoms with Gasteiger partial charge in [0.2, 0.25) is 11.8 Å². The molecule has 2 N–H and O–H groups in total. The van der Waals surface area contributed by atoms with Crippen LogP contribution in [0, 0.1) is 0 Å². The summed E-state index contributed by atoms with van der Waals surface area (Å²) in [7, 11) is 0.